The molecule has 1 fully saturated rings. The van der Waals surface area contributed by atoms with Crippen molar-refractivity contribution in [1.29, 1.82) is 0 Å². The number of para-hydroxylation sites is 1. The summed E-state index contributed by atoms with van der Waals surface area (Å²) in [6, 6.07) is 22.5. The summed E-state index contributed by atoms with van der Waals surface area (Å²) in [6.45, 7) is 4.74. The fourth-order valence-corrected chi connectivity index (χ4v) is 5.07. The smallest absolute Gasteiger partial charge is 0.230 e. The number of nitrogens with one attached hydrogen (secondary N) is 1. The number of nitrogens with zero attached hydrogens (tertiary/aromatic N) is 5. The van der Waals surface area contributed by atoms with E-state index in [0.717, 1.165) is 36.6 Å². The number of carbonyl (C=O) groups is 1. The Morgan fingerprint density at radius 3 is 2.54 bits per heavy atom. The molecule has 8 heteroatoms. The Labute approximate surface area is 209 Å². The van der Waals surface area contributed by atoms with E-state index in [4.69, 9.17) is 0 Å². The predicted molar refractivity (Wildman–Crippen MR) is 140 cm³/mol. The molecule has 2 aromatic heterocycles. The van der Waals surface area contributed by atoms with Crippen LogP contribution in [-0.2, 0) is 4.79 Å². The van der Waals surface area contributed by atoms with Crippen molar-refractivity contribution < 1.29 is 4.79 Å². The number of aryl methyl sites for hydroxylation is 1. The summed E-state index contributed by atoms with van der Waals surface area (Å²) in [6.07, 6.45) is 4.57. The number of hydrogen-bond donors (Lipinski definition) is 1. The third kappa shape index (κ3) is 5.54. The van der Waals surface area contributed by atoms with Gasteiger partial charge >= 0.3 is 0 Å². The summed E-state index contributed by atoms with van der Waals surface area (Å²) in [5.41, 5.74) is 4.31. The maximum Gasteiger partial charge on any atom is 0.230 e. The molecule has 1 aliphatic heterocycles. The van der Waals surface area contributed by atoms with Gasteiger partial charge in [-0.1, -0.05) is 47.7 Å². The molecule has 0 spiro atoms. The van der Waals surface area contributed by atoms with Crippen LogP contribution in [-0.4, -0.2) is 51.0 Å². The first-order valence-electron chi connectivity index (χ1n) is 11.8. The van der Waals surface area contributed by atoms with Crippen LogP contribution in [0.25, 0.3) is 17.1 Å². The molecule has 3 heterocycles. The van der Waals surface area contributed by atoms with E-state index in [1.807, 2.05) is 34.9 Å². The number of aromatic nitrogens is 4. The molecule has 5 rings (SSSR count). The van der Waals surface area contributed by atoms with Crippen LogP contribution < -0.4 is 10.2 Å². The molecule has 0 bridgehead atoms. The molecule has 35 heavy (non-hydrogen) atoms. The average molecular weight is 485 g/mol. The number of hydrogen-bond acceptors (Lipinski definition) is 6. The van der Waals surface area contributed by atoms with Gasteiger partial charge in [0.25, 0.3) is 0 Å². The Hall–Kier alpha value is -3.65. The number of rotatable bonds is 8. The Bertz CT molecular complexity index is 1260. The Morgan fingerprint density at radius 2 is 1.77 bits per heavy atom. The largest absolute Gasteiger partial charge is 0.371 e. The lowest BCUT2D eigenvalue weighted by Crippen LogP contribution is -2.32. The van der Waals surface area contributed by atoms with Crippen LogP contribution in [0.3, 0.4) is 0 Å². The molecule has 1 unspecified atom stereocenters. The first-order valence-corrected chi connectivity index (χ1v) is 12.8. The molecule has 1 amide bonds. The second-order valence-corrected chi connectivity index (χ2v) is 9.68. The van der Waals surface area contributed by atoms with Crippen LogP contribution in [0.15, 0.2) is 84.3 Å². The van der Waals surface area contributed by atoms with E-state index in [1.165, 1.54) is 23.0 Å². The highest BCUT2D eigenvalue weighted by atomic mass is 32.2. The summed E-state index contributed by atoms with van der Waals surface area (Å²) in [5, 5.41) is 12.7. The molecule has 1 atom stereocenters. The molecule has 1 aliphatic rings. The van der Waals surface area contributed by atoms with Crippen molar-refractivity contribution in [2.75, 3.05) is 30.3 Å². The summed E-state index contributed by atoms with van der Waals surface area (Å²) >= 11 is 1.40. The maximum absolute atomic E-state index is 12.7. The summed E-state index contributed by atoms with van der Waals surface area (Å²) < 4.78 is 2.00. The highest BCUT2D eigenvalue weighted by Gasteiger charge is 2.23. The van der Waals surface area contributed by atoms with E-state index in [0.29, 0.717) is 17.6 Å². The first-order chi connectivity index (χ1) is 17.2. The van der Waals surface area contributed by atoms with E-state index >= 15 is 0 Å². The van der Waals surface area contributed by atoms with E-state index < -0.39 is 0 Å². The Balaban J connectivity index is 1.22. The van der Waals surface area contributed by atoms with Crippen molar-refractivity contribution in [2.24, 2.45) is 5.92 Å². The highest BCUT2D eigenvalue weighted by molar-refractivity contribution is 7.99. The van der Waals surface area contributed by atoms with E-state index in [9.17, 15) is 4.79 Å². The van der Waals surface area contributed by atoms with Gasteiger partial charge in [0, 0.05) is 49.0 Å². The van der Waals surface area contributed by atoms with Crippen LogP contribution >= 0.6 is 11.8 Å². The number of thioether (sulfide) groups is 1. The zero-order valence-electron chi connectivity index (χ0n) is 19.7. The van der Waals surface area contributed by atoms with Crippen LogP contribution in [0.5, 0.6) is 0 Å². The van der Waals surface area contributed by atoms with Crippen molar-refractivity contribution in [3.8, 4) is 17.1 Å². The van der Waals surface area contributed by atoms with Crippen molar-refractivity contribution in [1.82, 2.24) is 25.1 Å². The monoisotopic (exact) mass is 484 g/mol. The number of pyridine rings is 1. The van der Waals surface area contributed by atoms with Gasteiger partial charge in [-0.25, -0.2) is 0 Å². The lowest BCUT2D eigenvalue weighted by molar-refractivity contribution is -0.118. The molecule has 2 aromatic carbocycles. The second-order valence-electron chi connectivity index (χ2n) is 8.74. The van der Waals surface area contributed by atoms with Crippen molar-refractivity contribution in [3.63, 3.8) is 0 Å². The van der Waals surface area contributed by atoms with Crippen molar-refractivity contribution in [3.05, 3.63) is 84.7 Å². The van der Waals surface area contributed by atoms with E-state index in [2.05, 4.69) is 68.7 Å². The minimum absolute atomic E-state index is 0.0112. The van der Waals surface area contributed by atoms with Gasteiger partial charge in [0.2, 0.25) is 5.91 Å². The van der Waals surface area contributed by atoms with E-state index in [1.54, 1.807) is 12.4 Å². The quantitative estimate of drug-likeness (QED) is 0.374. The standard InChI is InChI=1S/C27H28N6OS/c1-20-7-9-24(10-8-20)33-26(22-11-14-28-15-12-22)30-31-27(33)35-19-25(34)29-17-21-13-16-32(18-21)23-5-3-2-4-6-23/h2-12,14-15,21H,13,16-19H2,1H3,(H,29,34). The Morgan fingerprint density at radius 1 is 1.00 bits per heavy atom. The topological polar surface area (TPSA) is 75.9 Å². The third-order valence-corrected chi connectivity index (χ3v) is 7.12. The van der Waals surface area contributed by atoms with Gasteiger partial charge in [-0.3, -0.25) is 14.3 Å². The molecule has 1 N–H and O–H groups in total. The Kier molecular flexibility index (Phi) is 7.09. The molecule has 1 saturated heterocycles. The maximum atomic E-state index is 12.7. The molecule has 4 aromatic rings. The molecule has 0 aliphatic carbocycles. The van der Waals surface area contributed by atoms with Crippen molar-refractivity contribution in [2.45, 2.75) is 18.5 Å². The number of anilines is 1. The normalized spacial score (nSPS) is 15.3. The fourth-order valence-electron chi connectivity index (χ4n) is 4.29. The van der Waals surface area contributed by atoms with Gasteiger partial charge in [0.1, 0.15) is 0 Å². The van der Waals surface area contributed by atoms with Crippen molar-refractivity contribution >= 4 is 23.4 Å². The molecule has 178 valence electrons. The van der Waals surface area contributed by atoms with Crippen LogP contribution in [0.1, 0.15) is 12.0 Å². The summed E-state index contributed by atoms with van der Waals surface area (Å²) in [7, 11) is 0. The zero-order valence-corrected chi connectivity index (χ0v) is 20.5. The molecular formula is C27H28N6OS. The number of benzene rings is 2. The second kappa shape index (κ2) is 10.7. The van der Waals surface area contributed by atoms with Gasteiger partial charge in [0.05, 0.1) is 5.75 Å². The molecule has 0 radical (unpaired) electrons. The average Bonchev–Trinajstić information content (AvgIpc) is 3.55. The summed E-state index contributed by atoms with van der Waals surface area (Å²) in [4.78, 5) is 19.2. The zero-order chi connectivity index (χ0) is 24.0. The van der Waals surface area contributed by atoms with Gasteiger partial charge in [-0.2, -0.15) is 0 Å². The third-order valence-electron chi connectivity index (χ3n) is 6.19. The van der Waals surface area contributed by atoms with Gasteiger partial charge < -0.3 is 10.2 Å². The highest BCUT2D eigenvalue weighted by Crippen LogP contribution is 2.28. The lowest BCUT2D eigenvalue weighted by Gasteiger charge is -2.18. The van der Waals surface area contributed by atoms with E-state index in [-0.39, 0.29) is 11.7 Å². The summed E-state index contributed by atoms with van der Waals surface area (Å²) in [5.74, 6) is 1.48. The minimum Gasteiger partial charge on any atom is -0.371 e. The first kappa shape index (κ1) is 23.1. The van der Waals surface area contributed by atoms with Gasteiger partial charge in [-0.05, 0) is 55.7 Å². The predicted octanol–water partition coefficient (Wildman–Crippen LogP) is 4.37. The van der Waals surface area contributed by atoms with Gasteiger partial charge in [-0.15, -0.1) is 10.2 Å². The SMILES string of the molecule is Cc1ccc(-n2c(SCC(=O)NCC3CCN(c4ccccc4)C3)nnc2-c2ccncc2)cc1. The number of amides is 1. The van der Waals surface area contributed by atoms with Gasteiger partial charge in [0.15, 0.2) is 11.0 Å². The minimum atomic E-state index is 0.0112. The molecule has 0 saturated carbocycles. The van der Waals surface area contributed by atoms with Crippen LogP contribution in [0.4, 0.5) is 5.69 Å². The van der Waals surface area contributed by atoms with Crippen LogP contribution in [0, 0.1) is 12.8 Å². The number of carbonyl (C=O) groups excluding carboxylic acids is 1. The molecular weight excluding hydrogens is 456 g/mol. The lowest BCUT2D eigenvalue weighted by atomic mass is 10.1. The molecule has 7 nitrogen and oxygen atoms in total. The van der Waals surface area contributed by atoms with Crippen LogP contribution in [0.2, 0.25) is 0 Å². The fraction of sp³-hybridized carbons (Fsp3) is 0.259.